The lowest BCUT2D eigenvalue weighted by atomic mass is 10.1. The average Bonchev–Trinajstić information content (AvgIpc) is 2.91. The summed E-state index contributed by atoms with van der Waals surface area (Å²) in [5.41, 5.74) is 0.821. The Morgan fingerprint density at radius 3 is 2.00 bits per heavy atom. The molecule has 0 saturated heterocycles. The van der Waals surface area contributed by atoms with E-state index in [0.29, 0.717) is 10.6 Å². The van der Waals surface area contributed by atoms with E-state index < -0.39 is 23.8 Å². The minimum atomic E-state index is -1.14. The van der Waals surface area contributed by atoms with E-state index in [-0.39, 0.29) is 29.4 Å². The summed E-state index contributed by atoms with van der Waals surface area (Å²) in [6.07, 6.45) is 0.226. The van der Waals surface area contributed by atoms with E-state index in [4.69, 9.17) is 4.84 Å². The van der Waals surface area contributed by atoms with Crippen molar-refractivity contribution in [1.82, 2.24) is 10.4 Å². The second-order valence-electron chi connectivity index (χ2n) is 6.87. The highest BCUT2D eigenvalue weighted by Crippen LogP contribution is 2.24. The third-order valence-corrected chi connectivity index (χ3v) is 4.21. The average molecular weight is 380 g/mol. The van der Waals surface area contributed by atoms with Gasteiger partial charge in [0.2, 0.25) is 5.91 Å². The van der Waals surface area contributed by atoms with Crippen LogP contribution in [0, 0.1) is 5.92 Å². The van der Waals surface area contributed by atoms with Gasteiger partial charge in [-0.25, -0.2) is 4.79 Å². The first-order valence-electron chi connectivity index (χ1n) is 8.92. The highest BCUT2D eigenvalue weighted by Gasteiger charge is 2.40. The molecule has 0 spiro atoms. The zero-order valence-electron chi connectivity index (χ0n) is 15.5. The summed E-state index contributed by atoms with van der Waals surface area (Å²) in [4.78, 5) is 54.9. The molecule has 1 unspecified atom stereocenters. The van der Waals surface area contributed by atoms with E-state index >= 15 is 0 Å². The van der Waals surface area contributed by atoms with Crippen LogP contribution in [0.5, 0.6) is 0 Å². The second-order valence-corrected chi connectivity index (χ2v) is 6.87. The number of imide groups is 1. The number of hydroxylamine groups is 2. The van der Waals surface area contributed by atoms with Crippen molar-refractivity contribution in [2.75, 3.05) is 0 Å². The van der Waals surface area contributed by atoms with E-state index in [1.165, 1.54) is 12.1 Å². The number of rotatable bonds is 6. The van der Waals surface area contributed by atoms with Gasteiger partial charge in [-0.3, -0.25) is 14.4 Å². The molecular weight excluding hydrogens is 360 g/mol. The van der Waals surface area contributed by atoms with Crippen LogP contribution in [0.3, 0.4) is 0 Å². The molecule has 2 aromatic carbocycles. The van der Waals surface area contributed by atoms with Crippen LogP contribution in [-0.4, -0.2) is 28.8 Å². The summed E-state index contributed by atoms with van der Waals surface area (Å²) in [5.74, 6) is -2.58. The highest BCUT2D eigenvalue weighted by molar-refractivity contribution is 6.20. The monoisotopic (exact) mass is 380 g/mol. The van der Waals surface area contributed by atoms with Crippen molar-refractivity contribution in [1.29, 1.82) is 0 Å². The number of amides is 3. The molecule has 2 aromatic rings. The van der Waals surface area contributed by atoms with Crippen LogP contribution >= 0.6 is 0 Å². The van der Waals surface area contributed by atoms with Gasteiger partial charge in [0.1, 0.15) is 0 Å². The fraction of sp³-hybridized carbons (Fsp3) is 0.238. The van der Waals surface area contributed by atoms with Gasteiger partial charge in [-0.15, -0.1) is 0 Å². The van der Waals surface area contributed by atoms with Crippen LogP contribution < -0.4 is 5.32 Å². The Hall–Kier alpha value is -3.48. The van der Waals surface area contributed by atoms with Gasteiger partial charge in [-0.2, -0.15) is 0 Å². The van der Waals surface area contributed by atoms with Gasteiger partial charge >= 0.3 is 5.97 Å². The Morgan fingerprint density at radius 2 is 1.46 bits per heavy atom. The van der Waals surface area contributed by atoms with Crippen molar-refractivity contribution in [3.63, 3.8) is 0 Å². The Labute approximate surface area is 162 Å². The van der Waals surface area contributed by atoms with Crippen molar-refractivity contribution >= 4 is 23.7 Å². The molecule has 7 heteroatoms. The van der Waals surface area contributed by atoms with Crippen molar-refractivity contribution in [3.8, 4) is 0 Å². The largest absolute Gasteiger partial charge is 0.359 e. The third kappa shape index (κ3) is 3.93. The molecule has 3 rings (SSSR count). The molecule has 3 amide bonds. The Kier molecular flexibility index (Phi) is 5.54. The predicted molar refractivity (Wildman–Crippen MR) is 99.8 cm³/mol. The molecule has 0 bridgehead atoms. The van der Waals surface area contributed by atoms with Crippen LogP contribution in [0.1, 0.15) is 52.6 Å². The molecule has 1 atom stereocenters. The molecule has 7 nitrogen and oxygen atoms in total. The zero-order chi connectivity index (χ0) is 20.3. The van der Waals surface area contributed by atoms with Gasteiger partial charge < -0.3 is 10.2 Å². The molecule has 144 valence electrons. The van der Waals surface area contributed by atoms with Gasteiger partial charge in [0.25, 0.3) is 11.8 Å². The van der Waals surface area contributed by atoms with Gasteiger partial charge in [-0.1, -0.05) is 61.4 Å². The molecule has 0 aliphatic carbocycles. The number of nitrogens with zero attached hydrogens (tertiary/aromatic N) is 1. The van der Waals surface area contributed by atoms with E-state index in [1.807, 2.05) is 13.8 Å². The van der Waals surface area contributed by atoms with Crippen LogP contribution in [0.4, 0.5) is 0 Å². The summed E-state index contributed by atoms with van der Waals surface area (Å²) in [7, 11) is 0. The summed E-state index contributed by atoms with van der Waals surface area (Å²) in [6.45, 7) is 3.77. The minimum absolute atomic E-state index is 0.101. The van der Waals surface area contributed by atoms with E-state index in [1.54, 1.807) is 42.5 Å². The van der Waals surface area contributed by atoms with Crippen LogP contribution in [0.2, 0.25) is 0 Å². The van der Waals surface area contributed by atoms with Gasteiger partial charge in [0.05, 0.1) is 11.1 Å². The van der Waals surface area contributed by atoms with Crippen molar-refractivity contribution in [3.05, 3.63) is 71.3 Å². The quantitative estimate of drug-likeness (QED) is 0.778. The Bertz CT molecular complexity index is 888. The number of hydrogen-bond acceptors (Lipinski definition) is 5. The molecule has 0 aromatic heterocycles. The summed E-state index contributed by atoms with van der Waals surface area (Å²) in [5, 5.41) is 3.07. The molecule has 1 N–H and O–H groups in total. The fourth-order valence-electron chi connectivity index (χ4n) is 2.91. The second kappa shape index (κ2) is 8.04. The molecule has 28 heavy (non-hydrogen) atoms. The number of carbonyl (C=O) groups is 4. The van der Waals surface area contributed by atoms with Crippen LogP contribution in [0.15, 0.2) is 54.6 Å². The maximum Gasteiger partial charge on any atom is 0.359 e. The van der Waals surface area contributed by atoms with Crippen molar-refractivity contribution < 1.29 is 24.0 Å². The Morgan fingerprint density at radius 1 is 0.929 bits per heavy atom. The summed E-state index contributed by atoms with van der Waals surface area (Å²) >= 11 is 0. The van der Waals surface area contributed by atoms with Crippen LogP contribution in [-0.2, 0) is 14.4 Å². The number of benzene rings is 2. The maximum absolute atomic E-state index is 12.8. The number of hydrogen-bond donors (Lipinski definition) is 1. The maximum atomic E-state index is 12.8. The minimum Gasteiger partial charge on any atom is -0.339 e. The SMILES string of the molecule is CC(C)CC(=O)NC(C(=O)ON1C(=O)c2ccccc2C1=O)c1ccccc1. The molecule has 0 radical (unpaired) electrons. The van der Waals surface area contributed by atoms with Crippen molar-refractivity contribution in [2.45, 2.75) is 26.3 Å². The first-order chi connectivity index (χ1) is 13.4. The first-order valence-corrected chi connectivity index (χ1v) is 8.92. The summed E-state index contributed by atoms with van der Waals surface area (Å²) in [6, 6.07) is 13.6. The lowest BCUT2D eigenvalue weighted by molar-refractivity contribution is -0.172. The van der Waals surface area contributed by atoms with Gasteiger partial charge in [0, 0.05) is 6.42 Å². The van der Waals surface area contributed by atoms with Crippen molar-refractivity contribution in [2.24, 2.45) is 5.92 Å². The molecule has 0 saturated carbocycles. The number of carbonyl (C=O) groups excluding carboxylic acids is 4. The smallest absolute Gasteiger partial charge is 0.339 e. The molecule has 0 fully saturated rings. The number of fused-ring (bicyclic) bond motifs is 1. The molecule has 1 aliphatic rings. The lowest BCUT2D eigenvalue weighted by Gasteiger charge is -2.21. The first kappa shape index (κ1) is 19.3. The van der Waals surface area contributed by atoms with Crippen LogP contribution in [0.25, 0.3) is 0 Å². The normalized spacial score (nSPS) is 14.0. The number of nitrogens with one attached hydrogen (secondary N) is 1. The van der Waals surface area contributed by atoms with Gasteiger partial charge in [-0.05, 0) is 23.6 Å². The third-order valence-electron chi connectivity index (χ3n) is 4.21. The topological polar surface area (TPSA) is 92.8 Å². The standard InChI is InChI=1S/C21H20N2O5/c1-13(2)12-17(24)22-18(14-8-4-3-5-9-14)21(27)28-23-19(25)15-10-6-7-11-16(15)20(23)26/h3-11,13,18H,12H2,1-2H3,(H,22,24). The van der Waals surface area contributed by atoms with Gasteiger partial charge in [0.15, 0.2) is 6.04 Å². The molecule has 1 heterocycles. The highest BCUT2D eigenvalue weighted by atomic mass is 16.7. The van der Waals surface area contributed by atoms with E-state index in [9.17, 15) is 19.2 Å². The molecule has 1 aliphatic heterocycles. The lowest BCUT2D eigenvalue weighted by Crippen LogP contribution is -2.40. The van der Waals surface area contributed by atoms with E-state index in [0.717, 1.165) is 0 Å². The fourth-order valence-corrected chi connectivity index (χ4v) is 2.91. The zero-order valence-corrected chi connectivity index (χ0v) is 15.5. The summed E-state index contributed by atoms with van der Waals surface area (Å²) < 4.78 is 0. The van der Waals surface area contributed by atoms with E-state index in [2.05, 4.69) is 5.32 Å². The Balaban J connectivity index is 1.81. The predicted octanol–water partition coefficient (Wildman–Crippen LogP) is 2.64. The molecular formula is C21H20N2O5.